The van der Waals surface area contributed by atoms with Gasteiger partial charge >= 0.3 is 6.09 Å². The van der Waals surface area contributed by atoms with Gasteiger partial charge in [-0.05, 0) is 45.9 Å². The van der Waals surface area contributed by atoms with Crippen molar-refractivity contribution >= 4 is 40.7 Å². The highest BCUT2D eigenvalue weighted by molar-refractivity contribution is 7.15. The molecule has 0 saturated carbocycles. The summed E-state index contributed by atoms with van der Waals surface area (Å²) in [7, 11) is 0. The van der Waals surface area contributed by atoms with Gasteiger partial charge in [-0.25, -0.2) is 24.1 Å². The molecule has 3 heterocycles. The van der Waals surface area contributed by atoms with Gasteiger partial charge in [-0.15, -0.1) is 11.3 Å². The van der Waals surface area contributed by atoms with Crippen LogP contribution in [0, 0.1) is 6.92 Å². The number of hydrogen-bond acceptors (Lipinski definition) is 9. The fourth-order valence-electron chi connectivity index (χ4n) is 3.68. The average Bonchev–Trinajstić information content (AvgIpc) is 3.15. The Hall–Kier alpha value is -3.18. The van der Waals surface area contributed by atoms with Crippen LogP contribution in [0.3, 0.4) is 0 Å². The summed E-state index contributed by atoms with van der Waals surface area (Å²) < 4.78 is 25.9. The molecule has 0 radical (unpaired) electrons. The van der Waals surface area contributed by atoms with Gasteiger partial charge in [-0.1, -0.05) is 11.6 Å². The Labute approximate surface area is 217 Å². The van der Waals surface area contributed by atoms with Gasteiger partial charge in [0.25, 0.3) is 0 Å². The molecule has 2 atom stereocenters. The second-order valence-electron chi connectivity index (χ2n) is 9.48. The quantitative estimate of drug-likeness (QED) is 0.401. The maximum absolute atomic E-state index is 14.5. The van der Waals surface area contributed by atoms with Crippen LogP contribution in [0.25, 0.3) is 10.6 Å². The summed E-state index contributed by atoms with van der Waals surface area (Å²) in [6.45, 7) is 7.46. The Bertz CT molecular complexity index is 1250. The molecular formula is C24H28ClFN6O3S. The van der Waals surface area contributed by atoms with E-state index >= 15 is 0 Å². The maximum Gasteiger partial charge on any atom is 0.410 e. The molecule has 0 aliphatic carbocycles. The van der Waals surface area contributed by atoms with Crippen molar-refractivity contribution in [3.63, 3.8) is 0 Å². The smallest absolute Gasteiger partial charge is 0.410 e. The molecule has 1 aliphatic rings. The van der Waals surface area contributed by atoms with Crippen LogP contribution in [0.5, 0.6) is 11.6 Å². The zero-order valence-corrected chi connectivity index (χ0v) is 22.0. The van der Waals surface area contributed by atoms with E-state index in [-0.39, 0.29) is 25.6 Å². The number of carbonyl (C=O) groups is 1. The monoisotopic (exact) mass is 534 g/mol. The molecule has 1 aromatic carbocycles. The summed E-state index contributed by atoms with van der Waals surface area (Å²) in [5, 5.41) is 4.33. The van der Waals surface area contributed by atoms with Crippen LogP contribution in [-0.2, 0) is 4.74 Å². The summed E-state index contributed by atoms with van der Waals surface area (Å²) in [6, 6.07) is 6.35. The summed E-state index contributed by atoms with van der Waals surface area (Å²) in [6.07, 6.45) is 0.0860. The van der Waals surface area contributed by atoms with Crippen LogP contribution >= 0.6 is 22.9 Å². The number of aromatic nitrogens is 3. The minimum atomic E-state index is -1.19. The molecule has 3 aromatic rings. The first-order valence-corrected chi connectivity index (χ1v) is 12.6. The van der Waals surface area contributed by atoms with Gasteiger partial charge in [0.15, 0.2) is 0 Å². The number of nitrogen functional groups attached to an aromatic ring is 1. The number of thiazole rings is 1. The Morgan fingerprint density at radius 1 is 1.28 bits per heavy atom. The number of hydrogen-bond donors (Lipinski definition) is 2. The number of nitrogens with zero attached hydrogens (tertiary/aromatic N) is 4. The SMILES string of the molecule is Cc1nc(Oc2ccc(N)c(Cl)c2)c(-c2ccnc(N[C@H]3C[C@H](F)CN(C(=O)OC(C)(C)C)C3)n2)s1. The van der Waals surface area contributed by atoms with Gasteiger partial charge in [0.05, 0.1) is 28.0 Å². The molecule has 12 heteroatoms. The number of alkyl halides is 1. The first-order valence-electron chi connectivity index (χ1n) is 11.4. The van der Waals surface area contributed by atoms with E-state index in [4.69, 9.17) is 26.8 Å². The van der Waals surface area contributed by atoms with Crippen LogP contribution < -0.4 is 15.8 Å². The normalized spacial score (nSPS) is 18.1. The fraction of sp³-hybridized carbons (Fsp3) is 0.417. The van der Waals surface area contributed by atoms with Crippen LogP contribution in [0.2, 0.25) is 5.02 Å². The lowest BCUT2D eigenvalue weighted by Crippen LogP contribution is -2.51. The molecule has 1 aliphatic heterocycles. The van der Waals surface area contributed by atoms with E-state index in [9.17, 15) is 9.18 Å². The Morgan fingerprint density at radius 3 is 2.78 bits per heavy atom. The summed E-state index contributed by atoms with van der Waals surface area (Å²) in [4.78, 5) is 27.9. The molecule has 4 rings (SSSR count). The lowest BCUT2D eigenvalue weighted by atomic mass is 10.0. The number of nitrogens with one attached hydrogen (secondary N) is 1. The standard InChI is InChI=1S/C24H28ClFN6O3S/c1-13-29-21(34-16-5-6-18(27)17(25)10-16)20(36-13)19-7-8-28-22(31-19)30-15-9-14(26)11-32(12-15)23(33)35-24(2,3)4/h5-8,10,14-15H,9,11-12,27H2,1-4H3,(H,28,30,31)/t14-,15-/m0/s1. The number of piperidine rings is 1. The first kappa shape index (κ1) is 25.9. The minimum absolute atomic E-state index is 0.00994. The third-order valence-corrected chi connectivity index (χ3v) is 6.46. The van der Waals surface area contributed by atoms with Crippen molar-refractivity contribution in [2.24, 2.45) is 0 Å². The van der Waals surface area contributed by atoms with E-state index in [0.29, 0.717) is 38.9 Å². The van der Waals surface area contributed by atoms with Gasteiger partial charge in [-0.3, -0.25) is 0 Å². The number of likely N-dealkylation sites (tertiary alicyclic amines) is 1. The van der Waals surface area contributed by atoms with E-state index in [1.165, 1.54) is 16.2 Å². The number of amides is 1. The van der Waals surface area contributed by atoms with Gasteiger partial charge in [0, 0.05) is 31.3 Å². The number of benzene rings is 1. The van der Waals surface area contributed by atoms with Crippen molar-refractivity contribution in [1.82, 2.24) is 19.9 Å². The van der Waals surface area contributed by atoms with Gasteiger partial charge < -0.3 is 25.4 Å². The Balaban J connectivity index is 1.51. The van der Waals surface area contributed by atoms with Crippen molar-refractivity contribution in [2.75, 3.05) is 24.1 Å². The zero-order valence-electron chi connectivity index (χ0n) is 20.4. The van der Waals surface area contributed by atoms with E-state index in [1.54, 1.807) is 51.2 Å². The molecule has 1 saturated heterocycles. The summed E-state index contributed by atoms with van der Waals surface area (Å²) in [5.41, 5.74) is 6.16. The number of aryl methyl sites for hydroxylation is 1. The van der Waals surface area contributed by atoms with Crippen LogP contribution in [0.15, 0.2) is 30.5 Å². The number of nitrogens with two attached hydrogens (primary N) is 1. The molecule has 9 nitrogen and oxygen atoms in total. The largest absolute Gasteiger partial charge is 0.444 e. The number of rotatable bonds is 5. The average molecular weight is 535 g/mol. The molecule has 2 aromatic heterocycles. The Morgan fingerprint density at radius 2 is 2.06 bits per heavy atom. The van der Waals surface area contributed by atoms with E-state index in [0.717, 1.165) is 5.01 Å². The number of halogens is 2. The number of anilines is 2. The van der Waals surface area contributed by atoms with Gasteiger partial charge in [0.1, 0.15) is 22.4 Å². The summed E-state index contributed by atoms with van der Waals surface area (Å²) >= 11 is 7.53. The van der Waals surface area contributed by atoms with Crippen molar-refractivity contribution in [2.45, 2.75) is 51.9 Å². The van der Waals surface area contributed by atoms with Crippen LogP contribution in [-0.4, -0.2) is 56.8 Å². The van der Waals surface area contributed by atoms with Gasteiger partial charge in [-0.2, -0.15) is 0 Å². The molecule has 1 fully saturated rings. The van der Waals surface area contributed by atoms with Crippen molar-refractivity contribution in [1.29, 1.82) is 0 Å². The molecule has 192 valence electrons. The predicted molar refractivity (Wildman–Crippen MR) is 139 cm³/mol. The fourth-order valence-corrected chi connectivity index (χ4v) is 4.66. The molecule has 0 bridgehead atoms. The van der Waals surface area contributed by atoms with Crippen LogP contribution in [0.4, 0.5) is 20.8 Å². The molecular weight excluding hydrogens is 507 g/mol. The van der Waals surface area contributed by atoms with Crippen LogP contribution in [0.1, 0.15) is 32.2 Å². The number of ether oxygens (including phenoxy) is 2. The topological polar surface area (TPSA) is 115 Å². The third kappa shape index (κ3) is 6.52. The van der Waals surface area contributed by atoms with Crippen molar-refractivity contribution < 1.29 is 18.7 Å². The van der Waals surface area contributed by atoms with E-state index in [1.807, 2.05) is 6.92 Å². The zero-order chi connectivity index (χ0) is 26.0. The third-order valence-electron chi connectivity index (χ3n) is 5.16. The molecule has 3 N–H and O–H groups in total. The van der Waals surface area contributed by atoms with Crippen molar-refractivity contribution in [3.05, 3.63) is 40.5 Å². The predicted octanol–water partition coefficient (Wildman–Crippen LogP) is 5.70. The number of carbonyl (C=O) groups excluding carboxylic acids is 1. The highest BCUT2D eigenvalue weighted by Crippen LogP contribution is 2.38. The molecule has 36 heavy (non-hydrogen) atoms. The minimum Gasteiger partial charge on any atom is -0.444 e. The second kappa shape index (κ2) is 10.4. The van der Waals surface area contributed by atoms with Crippen molar-refractivity contribution in [3.8, 4) is 22.2 Å². The van der Waals surface area contributed by atoms with E-state index in [2.05, 4.69) is 20.3 Å². The Kier molecular flexibility index (Phi) is 7.51. The molecule has 0 spiro atoms. The second-order valence-corrected chi connectivity index (χ2v) is 11.1. The highest BCUT2D eigenvalue weighted by Gasteiger charge is 2.33. The molecule has 1 amide bonds. The molecule has 0 unspecified atom stereocenters. The maximum atomic E-state index is 14.5. The van der Waals surface area contributed by atoms with E-state index < -0.39 is 17.9 Å². The highest BCUT2D eigenvalue weighted by atomic mass is 35.5. The lowest BCUT2D eigenvalue weighted by Gasteiger charge is -2.36. The van der Waals surface area contributed by atoms with Gasteiger partial charge in [0.2, 0.25) is 11.8 Å². The first-order chi connectivity index (χ1) is 17.0. The lowest BCUT2D eigenvalue weighted by molar-refractivity contribution is 0.0124. The summed E-state index contributed by atoms with van der Waals surface area (Å²) in [5.74, 6) is 1.18.